The number of carbonyl (C=O) groups is 3. The van der Waals surface area contributed by atoms with Gasteiger partial charge in [0.1, 0.15) is 5.76 Å². The van der Waals surface area contributed by atoms with Crippen molar-refractivity contribution in [3.63, 3.8) is 0 Å². The molecule has 9 nitrogen and oxygen atoms in total. The average molecular weight is 527 g/mol. The van der Waals surface area contributed by atoms with E-state index in [-0.39, 0.29) is 23.3 Å². The van der Waals surface area contributed by atoms with E-state index in [2.05, 4.69) is 15.4 Å². The summed E-state index contributed by atoms with van der Waals surface area (Å²) in [6, 6.07) is 1.83. The minimum atomic E-state index is -5.08. The first kappa shape index (κ1) is 26.0. The highest BCUT2D eigenvalue weighted by molar-refractivity contribution is 5.92. The number of piperidine rings is 1. The van der Waals surface area contributed by atoms with Gasteiger partial charge < -0.3 is 24.7 Å². The Bertz CT molecular complexity index is 1030. The molecule has 2 atom stereocenters. The van der Waals surface area contributed by atoms with Gasteiger partial charge in [-0.1, -0.05) is 18.0 Å². The van der Waals surface area contributed by atoms with Crippen LogP contribution in [-0.4, -0.2) is 82.3 Å². The van der Waals surface area contributed by atoms with Crippen molar-refractivity contribution >= 4 is 17.8 Å². The molecule has 1 aromatic rings. The molecule has 2 N–H and O–H groups in total. The number of alkyl halides is 3. The Morgan fingerprint density at radius 2 is 1.78 bits per heavy atom. The minimum absolute atomic E-state index is 0.0318. The number of nitrogens with one attached hydrogen (secondary N) is 1. The summed E-state index contributed by atoms with van der Waals surface area (Å²) in [5, 5.41) is 14.5. The topological polar surface area (TPSA) is 116 Å². The fourth-order valence-corrected chi connectivity index (χ4v) is 6.57. The van der Waals surface area contributed by atoms with Crippen molar-refractivity contribution in [3.05, 3.63) is 17.5 Å². The maximum absolute atomic E-state index is 12.9. The molecule has 1 spiro atoms. The molecule has 3 saturated heterocycles. The van der Waals surface area contributed by atoms with Crippen LogP contribution in [0.1, 0.15) is 73.5 Å². The molecule has 2 saturated carbocycles. The summed E-state index contributed by atoms with van der Waals surface area (Å²) in [6.45, 7) is 4.46. The van der Waals surface area contributed by atoms with E-state index < -0.39 is 12.1 Å². The van der Waals surface area contributed by atoms with E-state index in [0.29, 0.717) is 30.6 Å². The Morgan fingerprint density at radius 3 is 2.38 bits per heavy atom. The number of hydrogen-bond donors (Lipinski definition) is 2. The highest BCUT2D eigenvalue weighted by atomic mass is 19.4. The van der Waals surface area contributed by atoms with Gasteiger partial charge in [-0.2, -0.15) is 13.2 Å². The smallest absolute Gasteiger partial charge is 0.475 e. The Hall–Kier alpha value is -2.63. The quantitative estimate of drug-likeness (QED) is 0.620. The van der Waals surface area contributed by atoms with Gasteiger partial charge in [-0.15, -0.1) is 0 Å². The molecule has 5 aliphatic rings. The number of aromatic nitrogens is 1. The predicted molar refractivity (Wildman–Crippen MR) is 124 cm³/mol. The largest absolute Gasteiger partial charge is 0.490 e. The number of amides is 2. The van der Waals surface area contributed by atoms with E-state index in [1.165, 1.54) is 25.7 Å². The normalized spacial score (nSPS) is 27.6. The molecule has 1 aromatic heterocycles. The summed E-state index contributed by atoms with van der Waals surface area (Å²) in [5.74, 6) is 0.102. The fraction of sp³-hybridized carbons (Fsp3) is 0.760. The molecule has 0 bridgehead atoms. The van der Waals surface area contributed by atoms with Crippen LogP contribution in [0.4, 0.5) is 13.2 Å². The van der Waals surface area contributed by atoms with Gasteiger partial charge in [-0.05, 0) is 44.4 Å². The van der Waals surface area contributed by atoms with E-state index in [1.54, 1.807) is 0 Å². The predicted octanol–water partition coefficient (Wildman–Crippen LogP) is 3.03. The molecule has 0 unspecified atom stereocenters. The van der Waals surface area contributed by atoms with E-state index in [4.69, 9.17) is 14.4 Å². The Kier molecular flexibility index (Phi) is 6.97. The van der Waals surface area contributed by atoms with Gasteiger partial charge in [0.2, 0.25) is 5.91 Å². The molecular formula is C25H33F3N4O5. The van der Waals surface area contributed by atoms with Crippen LogP contribution in [0.5, 0.6) is 0 Å². The first-order chi connectivity index (χ1) is 17.6. The number of carboxylic acid groups (broad SMARTS) is 1. The summed E-state index contributed by atoms with van der Waals surface area (Å²) in [4.78, 5) is 39.0. The standard InChI is InChI=1S/C23H32N4O3.C2HF3O2/c28-21-17-13-26(12-15-3-1-2-4-15)14-18(17)23(24-21)7-9-27(10-8-23)22(29)19-11-20(30-25-19)16-5-6-16;3-2(4,5)1(6)7/h11,15-18H,1-10,12-14H2,(H,24,28);(H,6,7)/t17-,18+;/m1./s1. The van der Waals surface area contributed by atoms with Crippen molar-refractivity contribution < 1.29 is 37.2 Å². The summed E-state index contributed by atoms with van der Waals surface area (Å²) in [5.41, 5.74) is 0.302. The first-order valence-electron chi connectivity index (χ1n) is 13.2. The van der Waals surface area contributed by atoms with Crippen LogP contribution >= 0.6 is 0 Å². The molecule has 4 heterocycles. The molecule has 2 aliphatic carbocycles. The average Bonchev–Trinajstić information content (AvgIpc) is 3.22. The number of halogens is 3. The zero-order chi connectivity index (χ0) is 26.4. The molecule has 204 valence electrons. The van der Waals surface area contributed by atoms with E-state index in [0.717, 1.165) is 57.0 Å². The lowest BCUT2D eigenvalue weighted by Crippen LogP contribution is -2.56. The number of nitrogens with zero attached hydrogens (tertiary/aromatic N) is 3. The van der Waals surface area contributed by atoms with E-state index in [9.17, 15) is 22.8 Å². The summed E-state index contributed by atoms with van der Waals surface area (Å²) >= 11 is 0. The van der Waals surface area contributed by atoms with Gasteiger partial charge in [0.05, 0.1) is 5.92 Å². The summed E-state index contributed by atoms with van der Waals surface area (Å²) in [6.07, 6.45) is 4.31. The number of fused-ring (bicyclic) bond motifs is 2. The number of carboxylic acids is 1. The van der Waals surface area contributed by atoms with Crippen molar-refractivity contribution in [2.24, 2.45) is 17.8 Å². The molecule has 12 heteroatoms. The molecule has 5 fully saturated rings. The summed E-state index contributed by atoms with van der Waals surface area (Å²) in [7, 11) is 0. The Morgan fingerprint density at radius 1 is 1.14 bits per heavy atom. The molecule has 2 amide bonds. The van der Waals surface area contributed by atoms with Crippen LogP contribution in [-0.2, 0) is 9.59 Å². The highest BCUT2D eigenvalue weighted by Crippen LogP contribution is 2.45. The van der Waals surface area contributed by atoms with Gasteiger partial charge >= 0.3 is 12.1 Å². The molecule has 37 heavy (non-hydrogen) atoms. The van der Waals surface area contributed by atoms with Crippen molar-refractivity contribution in [2.45, 2.75) is 69.0 Å². The second-order valence-electron chi connectivity index (χ2n) is 11.2. The minimum Gasteiger partial charge on any atom is -0.475 e. The van der Waals surface area contributed by atoms with Gasteiger partial charge in [-0.3, -0.25) is 9.59 Å². The highest BCUT2D eigenvalue weighted by Gasteiger charge is 2.57. The third-order valence-electron chi connectivity index (χ3n) is 8.72. The third kappa shape index (κ3) is 5.49. The van der Waals surface area contributed by atoms with Gasteiger partial charge in [0.15, 0.2) is 5.69 Å². The number of rotatable bonds is 4. The lowest BCUT2D eigenvalue weighted by atomic mass is 9.75. The van der Waals surface area contributed by atoms with Crippen LogP contribution in [0.15, 0.2) is 10.6 Å². The van der Waals surface area contributed by atoms with Crippen LogP contribution in [0.2, 0.25) is 0 Å². The Labute approximate surface area is 212 Å². The number of carbonyl (C=O) groups excluding carboxylic acids is 2. The second kappa shape index (κ2) is 9.92. The maximum atomic E-state index is 12.9. The van der Waals surface area contributed by atoms with Crippen molar-refractivity contribution in [2.75, 3.05) is 32.7 Å². The SMILES string of the molecule is O=C(O)C(F)(F)F.O=C1NC2(CCN(C(=O)c3cc(C4CC4)on3)CC2)[C@H]2CN(CC3CCCC3)C[C@@H]12. The van der Waals surface area contributed by atoms with Gasteiger partial charge in [-0.25, -0.2) is 4.79 Å². The molecule has 6 rings (SSSR count). The Balaban J connectivity index is 0.000000355. The van der Waals surface area contributed by atoms with Gasteiger partial charge in [0.25, 0.3) is 5.91 Å². The number of aliphatic carboxylic acids is 1. The van der Waals surface area contributed by atoms with Crippen LogP contribution < -0.4 is 5.32 Å². The summed E-state index contributed by atoms with van der Waals surface area (Å²) < 4.78 is 37.1. The zero-order valence-corrected chi connectivity index (χ0v) is 20.6. The van der Waals surface area contributed by atoms with Gasteiger partial charge in [0, 0.05) is 56.2 Å². The lowest BCUT2D eigenvalue weighted by molar-refractivity contribution is -0.192. The zero-order valence-electron chi connectivity index (χ0n) is 20.6. The van der Waals surface area contributed by atoms with E-state index in [1.807, 2.05) is 11.0 Å². The molecule has 0 aromatic carbocycles. The second-order valence-corrected chi connectivity index (χ2v) is 11.2. The monoisotopic (exact) mass is 526 g/mol. The van der Waals surface area contributed by atoms with Crippen molar-refractivity contribution in [1.29, 1.82) is 0 Å². The molecule has 3 aliphatic heterocycles. The van der Waals surface area contributed by atoms with Crippen molar-refractivity contribution in [1.82, 2.24) is 20.3 Å². The number of likely N-dealkylation sites (tertiary alicyclic amines) is 2. The third-order valence-corrected chi connectivity index (χ3v) is 8.72. The fourth-order valence-electron chi connectivity index (χ4n) is 6.57. The molecule has 0 radical (unpaired) electrons. The lowest BCUT2D eigenvalue weighted by Gasteiger charge is -2.42. The first-order valence-corrected chi connectivity index (χ1v) is 13.2. The van der Waals surface area contributed by atoms with E-state index >= 15 is 0 Å². The van der Waals surface area contributed by atoms with Crippen LogP contribution in [0, 0.1) is 17.8 Å². The maximum Gasteiger partial charge on any atom is 0.490 e. The number of hydrogen-bond acceptors (Lipinski definition) is 6. The molecular weight excluding hydrogens is 493 g/mol. The van der Waals surface area contributed by atoms with Crippen LogP contribution in [0.25, 0.3) is 0 Å². The van der Waals surface area contributed by atoms with Crippen LogP contribution in [0.3, 0.4) is 0 Å². The van der Waals surface area contributed by atoms with Crippen molar-refractivity contribution in [3.8, 4) is 0 Å².